The number of ether oxygens (including phenoxy) is 1. The van der Waals surface area contributed by atoms with Gasteiger partial charge in [-0.3, -0.25) is 4.79 Å². The van der Waals surface area contributed by atoms with Crippen molar-refractivity contribution in [2.24, 2.45) is 0 Å². The van der Waals surface area contributed by atoms with E-state index in [9.17, 15) is 4.79 Å². The third-order valence-electron chi connectivity index (χ3n) is 5.25. The van der Waals surface area contributed by atoms with Crippen LogP contribution in [-0.2, 0) is 4.79 Å². The maximum Gasteiger partial charge on any atom is 0.311 e. The van der Waals surface area contributed by atoms with Crippen molar-refractivity contribution in [2.75, 3.05) is 11.5 Å². The van der Waals surface area contributed by atoms with E-state index >= 15 is 0 Å². The van der Waals surface area contributed by atoms with Crippen molar-refractivity contribution in [3.63, 3.8) is 0 Å². The molecule has 160 valence electrons. The van der Waals surface area contributed by atoms with Gasteiger partial charge >= 0.3 is 5.97 Å². The Balaban J connectivity index is 1.87. The molecule has 28 heavy (non-hydrogen) atoms. The molecular formula is C24H42N2O2. The Labute approximate surface area is 172 Å². The van der Waals surface area contributed by atoms with Crippen molar-refractivity contribution >= 4 is 17.3 Å². The minimum atomic E-state index is -0.230. The molecule has 0 aliphatic rings. The number of carbonyl (C=O) groups excluding carboxylic acids is 1. The zero-order chi connectivity index (χ0) is 20.5. The second-order valence-corrected chi connectivity index (χ2v) is 7.97. The van der Waals surface area contributed by atoms with Crippen molar-refractivity contribution < 1.29 is 9.53 Å². The minimum absolute atomic E-state index is 0.230. The normalized spacial score (nSPS) is 10.9. The lowest BCUT2D eigenvalue weighted by Gasteiger charge is -2.08. The van der Waals surface area contributed by atoms with Crippen LogP contribution >= 0.6 is 0 Å². The number of anilines is 2. The van der Waals surface area contributed by atoms with E-state index in [1.165, 1.54) is 83.5 Å². The van der Waals surface area contributed by atoms with Gasteiger partial charge in [-0.1, -0.05) is 96.8 Å². The van der Waals surface area contributed by atoms with Crippen molar-refractivity contribution in [1.82, 2.24) is 0 Å². The number of nitrogens with two attached hydrogens (primary N) is 2. The van der Waals surface area contributed by atoms with Crippen LogP contribution in [-0.4, -0.2) is 5.97 Å². The van der Waals surface area contributed by atoms with Gasteiger partial charge in [0.2, 0.25) is 0 Å². The maximum atomic E-state index is 11.9. The van der Waals surface area contributed by atoms with Gasteiger partial charge in [-0.2, -0.15) is 0 Å². The third kappa shape index (κ3) is 12.6. The number of unbranched alkanes of at least 4 members (excludes halogenated alkanes) is 14. The van der Waals surface area contributed by atoms with E-state index in [0.29, 0.717) is 23.5 Å². The highest BCUT2D eigenvalue weighted by Gasteiger charge is 2.08. The first-order valence-corrected chi connectivity index (χ1v) is 11.5. The van der Waals surface area contributed by atoms with Gasteiger partial charge < -0.3 is 16.2 Å². The summed E-state index contributed by atoms with van der Waals surface area (Å²) in [6, 6.07) is 4.95. The molecule has 0 amide bonds. The van der Waals surface area contributed by atoms with Gasteiger partial charge in [-0.25, -0.2) is 0 Å². The molecule has 0 bridgehead atoms. The van der Waals surface area contributed by atoms with E-state index < -0.39 is 0 Å². The molecule has 4 heteroatoms. The Bertz CT molecular complexity index is 531. The molecule has 1 aromatic carbocycles. The van der Waals surface area contributed by atoms with Crippen LogP contribution in [0.3, 0.4) is 0 Å². The molecule has 4 nitrogen and oxygen atoms in total. The molecule has 0 spiro atoms. The molecular weight excluding hydrogens is 348 g/mol. The number of benzene rings is 1. The van der Waals surface area contributed by atoms with Crippen LogP contribution in [0.15, 0.2) is 18.2 Å². The lowest BCUT2D eigenvalue weighted by atomic mass is 10.0. The Hall–Kier alpha value is -1.71. The van der Waals surface area contributed by atoms with Gasteiger partial charge in [-0.15, -0.1) is 0 Å². The predicted octanol–water partition coefficient (Wildman–Crippen LogP) is 7.02. The van der Waals surface area contributed by atoms with Gasteiger partial charge in [0, 0.05) is 18.2 Å². The SMILES string of the molecule is CCCCCCCCCCCCCCCCCC(=O)Oc1cc(N)ccc1N. The lowest BCUT2D eigenvalue weighted by molar-refractivity contribution is -0.134. The Morgan fingerprint density at radius 2 is 1.21 bits per heavy atom. The molecule has 4 N–H and O–H groups in total. The lowest BCUT2D eigenvalue weighted by Crippen LogP contribution is -2.09. The summed E-state index contributed by atoms with van der Waals surface area (Å²) in [6.45, 7) is 2.27. The standard InChI is InChI=1S/C24H42N2O2/c1-2-3-4-5-6-7-8-9-10-11-12-13-14-15-16-17-24(27)28-23-20-21(25)18-19-22(23)26/h18-20H,2-17,25-26H2,1H3. The summed E-state index contributed by atoms with van der Waals surface area (Å²) in [5.41, 5.74) is 12.5. The van der Waals surface area contributed by atoms with Gasteiger partial charge in [0.15, 0.2) is 5.75 Å². The fraction of sp³-hybridized carbons (Fsp3) is 0.708. The van der Waals surface area contributed by atoms with Crippen LogP contribution in [0.5, 0.6) is 5.75 Å². The minimum Gasteiger partial charge on any atom is -0.424 e. The summed E-state index contributed by atoms with van der Waals surface area (Å²) in [4.78, 5) is 11.9. The third-order valence-corrected chi connectivity index (χ3v) is 5.25. The van der Waals surface area contributed by atoms with E-state index in [0.717, 1.165) is 12.8 Å². The summed E-state index contributed by atoms with van der Waals surface area (Å²) in [6.07, 6.45) is 20.1. The van der Waals surface area contributed by atoms with Crippen LogP contribution in [0.1, 0.15) is 110 Å². The zero-order valence-electron chi connectivity index (χ0n) is 18.0. The van der Waals surface area contributed by atoms with E-state index in [1.54, 1.807) is 18.2 Å². The summed E-state index contributed by atoms with van der Waals surface area (Å²) >= 11 is 0. The van der Waals surface area contributed by atoms with Crippen LogP contribution in [0, 0.1) is 0 Å². The molecule has 1 rings (SSSR count). The fourth-order valence-corrected chi connectivity index (χ4v) is 3.45. The Kier molecular flexibility index (Phi) is 14.1. The molecule has 0 aliphatic carbocycles. The summed E-state index contributed by atoms with van der Waals surface area (Å²) < 4.78 is 5.30. The number of carbonyl (C=O) groups is 1. The van der Waals surface area contributed by atoms with Gasteiger partial charge in [0.05, 0.1) is 5.69 Å². The molecule has 1 aromatic rings. The molecule has 0 unspecified atom stereocenters. The first-order valence-electron chi connectivity index (χ1n) is 11.5. The van der Waals surface area contributed by atoms with Crippen LogP contribution in [0.4, 0.5) is 11.4 Å². The van der Waals surface area contributed by atoms with Crippen molar-refractivity contribution in [2.45, 2.75) is 110 Å². The molecule has 0 atom stereocenters. The topological polar surface area (TPSA) is 78.3 Å². The summed E-state index contributed by atoms with van der Waals surface area (Å²) in [5.74, 6) is 0.137. The number of rotatable bonds is 17. The van der Waals surface area contributed by atoms with Gasteiger partial charge in [-0.05, 0) is 18.6 Å². The second-order valence-electron chi connectivity index (χ2n) is 7.97. The predicted molar refractivity (Wildman–Crippen MR) is 120 cm³/mol. The zero-order valence-corrected chi connectivity index (χ0v) is 18.0. The molecule has 0 fully saturated rings. The van der Waals surface area contributed by atoms with E-state index in [1.807, 2.05) is 0 Å². The molecule has 0 saturated heterocycles. The smallest absolute Gasteiger partial charge is 0.311 e. The number of hydrogen-bond acceptors (Lipinski definition) is 4. The summed E-state index contributed by atoms with van der Waals surface area (Å²) in [7, 11) is 0. The summed E-state index contributed by atoms with van der Waals surface area (Å²) in [5, 5.41) is 0. The number of nitrogen functional groups attached to an aromatic ring is 2. The average Bonchev–Trinajstić information content (AvgIpc) is 2.67. The van der Waals surface area contributed by atoms with E-state index in [-0.39, 0.29) is 5.97 Å². The fourth-order valence-electron chi connectivity index (χ4n) is 3.45. The molecule has 0 aromatic heterocycles. The number of esters is 1. The first-order chi connectivity index (χ1) is 13.6. The second kappa shape index (κ2) is 16.3. The van der Waals surface area contributed by atoms with Crippen molar-refractivity contribution in [1.29, 1.82) is 0 Å². The quantitative estimate of drug-likeness (QED) is 0.130. The largest absolute Gasteiger partial charge is 0.424 e. The highest BCUT2D eigenvalue weighted by atomic mass is 16.5. The van der Waals surface area contributed by atoms with Crippen molar-refractivity contribution in [3.8, 4) is 5.75 Å². The van der Waals surface area contributed by atoms with Crippen LogP contribution in [0.25, 0.3) is 0 Å². The van der Waals surface area contributed by atoms with Crippen molar-refractivity contribution in [3.05, 3.63) is 18.2 Å². The maximum absolute atomic E-state index is 11.9. The highest BCUT2D eigenvalue weighted by molar-refractivity contribution is 5.75. The van der Waals surface area contributed by atoms with E-state index in [4.69, 9.17) is 16.2 Å². The van der Waals surface area contributed by atoms with Crippen LogP contribution < -0.4 is 16.2 Å². The van der Waals surface area contributed by atoms with Crippen LogP contribution in [0.2, 0.25) is 0 Å². The van der Waals surface area contributed by atoms with Gasteiger partial charge in [0.1, 0.15) is 0 Å². The number of hydrogen-bond donors (Lipinski definition) is 2. The molecule has 0 saturated carbocycles. The Morgan fingerprint density at radius 1 is 0.750 bits per heavy atom. The first kappa shape index (κ1) is 24.3. The average molecular weight is 391 g/mol. The van der Waals surface area contributed by atoms with Gasteiger partial charge in [0.25, 0.3) is 0 Å². The monoisotopic (exact) mass is 390 g/mol. The Morgan fingerprint density at radius 3 is 1.71 bits per heavy atom. The molecule has 0 aliphatic heterocycles. The van der Waals surface area contributed by atoms with E-state index in [2.05, 4.69) is 6.92 Å². The molecule has 0 heterocycles. The highest BCUT2D eigenvalue weighted by Crippen LogP contribution is 2.24. The molecule has 0 radical (unpaired) electrons.